The van der Waals surface area contributed by atoms with E-state index in [1.807, 2.05) is 44.4 Å². The number of imidazole rings is 1. The number of hydrogen-bond acceptors (Lipinski definition) is 5. The topological polar surface area (TPSA) is 82.0 Å². The molecule has 8 nitrogen and oxygen atoms in total. The van der Waals surface area contributed by atoms with Gasteiger partial charge in [-0.1, -0.05) is 27.7 Å². The van der Waals surface area contributed by atoms with Crippen molar-refractivity contribution in [2.45, 2.75) is 40.5 Å². The van der Waals surface area contributed by atoms with Gasteiger partial charge in [0.05, 0.1) is 11.9 Å². The number of fused-ring (bicyclic) bond motifs is 1. The molecule has 28 heavy (non-hydrogen) atoms. The van der Waals surface area contributed by atoms with Crippen LogP contribution in [0.15, 0.2) is 24.5 Å². The number of hydrogen-bond donors (Lipinski definition) is 2. The lowest BCUT2D eigenvalue weighted by Gasteiger charge is -2.26. The molecule has 0 saturated carbocycles. The molecule has 0 atom stereocenters. The van der Waals surface area contributed by atoms with Crippen molar-refractivity contribution in [3.8, 4) is 0 Å². The van der Waals surface area contributed by atoms with E-state index < -0.39 is 6.03 Å². The minimum Gasteiger partial charge on any atom is -0.367 e. The van der Waals surface area contributed by atoms with Crippen molar-refractivity contribution in [2.24, 2.45) is 0 Å². The first-order chi connectivity index (χ1) is 13.7. The van der Waals surface area contributed by atoms with Gasteiger partial charge < -0.3 is 10.2 Å². The SMILES string of the molecule is CC.CC.O=C1CCN(c2cnc3c(N4CCCNCC4)cccn23)C(=O)N1. The lowest BCUT2D eigenvalue weighted by atomic mass is 10.3. The number of carbonyl (C=O) groups excluding carboxylic acids is 2. The Balaban J connectivity index is 0.000000660. The fraction of sp³-hybridized carbons (Fsp3) is 0.550. The van der Waals surface area contributed by atoms with Gasteiger partial charge in [0.25, 0.3) is 0 Å². The molecule has 3 amide bonds. The van der Waals surface area contributed by atoms with Crippen LogP contribution in [0.3, 0.4) is 0 Å². The Bertz CT molecular complexity index is 780. The summed E-state index contributed by atoms with van der Waals surface area (Å²) in [5.74, 6) is 0.452. The molecule has 154 valence electrons. The van der Waals surface area contributed by atoms with Gasteiger partial charge in [-0.05, 0) is 25.1 Å². The average molecular weight is 389 g/mol. The van der Waals surface area contributed by atoms with E-state index in [0.717, 1.165) is 43.9 Å². The molecular formula is C20H32N6O2. The van der Waals surface area contributed by atoms with Crippen LogP contribution in [0.2, 0.25) is 0 Å². The van der Waals surface area contributed by atoms with Gasteiger partial charge in [0.15, 0.2) is 5.65 Å². The van der Waals surface area contributed by atoms with Crippen molar-refractivity contribution in [3.05, 3.63) is 24.5 Å². The van der Waals surface area contributed by atoms with Crippen molar-refractivity contribution in [1.29, 1.82) is 0 Å². The van der Waals surface area contributed by atoms with Crippen molar-refractivity contribution in [1.82, 2.24) is 20.0 Å². The summed E-state index contributed by atoms with van der Waals surface area (Å²) in [5.41, 5.74) is 1.90. The Labute approximate surface area is 166 Å². The van der Waals surface area contributed by atoms with Crippen molar-refractivity contribution >= 4 is 29.1 Å². The molecule has 4 heterocycles. The van der Waals surface area contributed by atoms with Gasteiger partial charge in [-0.3, -0.25) is 19.4 Å². The third-order valence-corrected chi connectivity index (χ3v) is 4.51. The summed E-state index contributed by atoms with van der Waals surface area (Å²) in [6.45, 7) is 12.3. The fourth-order valence-corrected chi connectivity index (χ4v) is 3.30. The molecular weight excluding hydrogens is 356 g/mol. The number of imide groups is 1. The molecule has 0 unspecified atom stereocenters. The number of aromatic nitrogens is 2. The molecule has 2 aliphatic heterocycles. The molecule has 2 fully saturated rings. The summed E-state index contributed by atoms with van der Waals surface area (Å²) in [5, 5.41) is 5.76. The lowest BCUT2D eigenvalue weighted by Crippen LogP contribution is -2.50. The van der Waals surface area contributed by atoms with Crippen LogP contribution in [-0.2, 0) is 4.79 Å². The standard InChI is InChI=1S/C16H20N6O2.2C2H6/c23-13-4-9-22(16(24)19-13)14-11-18-15-12(3-1-8-21(14)15)20-7-2-5-17-6-10-20;2*1-2/h1,3,8,11,17H,2,4-7,9-10H2,(H,19,23,24);2*1-2H3. The summed E-state index contributed by atoms with van der Waals surface area (Å²) < 4.78 is 1.92. The van der Waals surface area contributed by atoms with Gasteiger partial charge >= 0.3 is 6.03 Å². The molecule has 0 bridgehead atoms. The molecule has 2 aromatic rings. The molecule has 0 radical (unpaired) electrons. The quantitative estimate of drug-likeness (QED) is 0.826. The zero-order valence-electron chi connectivity index (χ0n) is 17.4. The van der Waals surface area contributed by atoms with E-state index in [-0.39, 0.29) is 5.91 Å². The number of anilines is 2. The normalized spacial score (nSPS) is 17.1. The van der Waals surface area contributed by atoms with Crippen LogP contribution in [0, 0.1) is 0 Å². The van der Waals surface area contributed by atoms with Crippen LogP contribution in [0.4, 0.5) is 16.3 Å². The van der Waals surface area contributed by atoms with Crippen LogP contribution in [-0.4, -0.2) is 54.0 Å². The predicted octanol–water partition coefficient (Wildman–Crippen LogP) is 2.63. The first kappa shape index (κ1) is 21.7. The smallest absolute Gasteiger partial charge is 0.329 e. The number of nitrogens with zero attached hydrogens (tertiary/aromatic N) is 4. The molecule has 2 aromatic heterocycles. The Hall–Kier alpha value is -2.61. The Kier molecular flexibility index (Phi) is 8.25. The summed E-state index contributed by atoms with van der Waals surface area (Å²) in [7, 11) is 0. The molecule has 0 aliphatic carbocycles. The van der Waals surface area contributed by atoms with Gasteiger partial charge in [-0.2, -0.15) is 0 Å². The van der Waals surface area contributed by atoms with Gasteiger partial charge in [0.2, 0.25) is 5.91 Å². The van der Waals surface area contributed by atoms with Crippen LogP contribution in [0.25, 0.3) is 5.65 Å². The fourth-order valence-electron chi connectivity index (χ4n) is 3.30. The summed E-state index contributed by atoms with van der Waals surface area (Å²) in [6.07, 6.45) is 4.99. The summed E-state index contributed by atoms with van der Waals surface area (Å²) in [6, 6.07) is 3.65. The van der Waals surface area contributed by atoms with Gasteiger partial charge in [-0.15, -0.1) is 0 Å². The highest BCUT2D eigenvalue weighted by molar-refractivity contribution is 6.05. The van der Waals surface area contributed by atoms with E-state index in [2.05, 4.69) is 26.6 Å². The zero-order chi connectivity index (χ0) is 20.5. The number of carbonyl (C=O) groups is 2. The van der Waals surface area contributed by atoms with Crippen LogP contribution < -0.4 is 20.4 Å². The van der Waals surface area contributed by atoms with E-state index in [0.29, 0.717) is 18.8 Å². The second kappa shape index (κ2) is 10.7. The zero-order valence-corrected chi connectivity index (χ0v) is 17.4. The number of pyridine rings is 1. The Morgan fingerprint density at radius 2 is 1.82 bits per heavy atom. The molecule has 8 heteroatoms. The largest absolute Gasteiger partial charge is 0.367 e. The molecule has 0 aromatic carbocycles. The second-order valence-electron chi connectivity index (χ2n) is 6.05. The first-order valence-electron chi connectivity index (χ1n) is 10.3. The third kappa shape index (κ3) is 4.62. The van der Waals surface area contributed by atoms with Crippen molar-refractivity contribution < 1.29 is 9.59 Å². The van der Waals surface area contributed by atoms with E-state index in [9.17, 15) is 9.59 Å². The second-order valence-corrected chi connectivity index (χ2v) is 6.05. The average Bonchev–Trinajstić information content (AvgIpc) is 2.97. The van der Waals surface area contributed by atoms with Gasteiger partial charge in [0, 0.05) is 38.8 Å². The predicted molar refractivity (Wildman–Crippen MR) is 113 cm³/mol. The van der Waals surface area contributed by atoms with E-state index in [4.69, 9.17) is 0 Å². The highest BCUT2D eigenvalue weighted by Gasteiger charge is 2.27. The Morgan fingerprint density at radius 1 is 1.04 bits per heavy atom. The van der Waals surface area contributed by atoms with Gasteiger partial charge in [0.1, 0.15) is 5.82 Å². The molecule has 2 N–H and O–H groups in total. The number of nitrogens with one attached hydrogen (secondary N) is 2. The third-order valence-electron chi connectivity index (χ3n) is 4.51. The van der Waals surface area contributed by atoms with Crippen LogP contribution in [0.5, 0.6) is 0 Å². The highest BCUT2D eigenvalue weighted by atomic mass is 16.2. The number of urea groups is 1. The van der Waals surface area contributed by atoms with E-state index in [1.165, 1.54) is 0 Å². The van der Waals surface area contributed by atoms with E-state index in [1.54, 1.807) is 11.1 Å². The maximum absolute atomic E-state index is 12.1. The number of amides is 3. The lowest BCUT2D eigenvalue weighted by molar-refractivity contribution is -0.120. The minimum atomic E-state index is -0.391. The Morgan fingerprint density at radius 3 is 2.57 bits per heavy atom. The summed E-state index contributed by atoms with van der Waals surface area (Å²) >= 11 is 0. The molecule has 0 spiro atoms. The van der Waals surface area contributed by atoms with Crippen LogP contribution >= 0.6 is 0 Å². The minimum absolute atomic E-state index is 0.233. The van der Waals surface area contributed by atoms with Crippen molar-refractivity contribution in [2.75, 3.05) is 42.5 Å². The molecule has 2 aliphatic rings. The molecule has 4 rings (SSSR count). The van der Waals surface area contributed by atoms with E-state index >= 15 is 0 Å². The maximum Gasteiger partial charge on any atom is 0.329 e. The van der Waals surface area contributed by atoms with Gasteiger partial charge in [-0.25, -0.2) is 9.78 Å². The highest BCUT2D eigenvalue weighted by Crippen LogP contribution is 2.26. The number of rotatable bonds is 2. The van der Waals surface area contributed by atoms with Crippen molar-refractivity contribution in [3.63, 3.8) is 0 Å². The van der Waals surface area contributed by atoms with Crippen LogP contribution in [0.1, 0.15) is 40.5 Å². The monoisotopic (exact) mass is 388 g/mol. The molecule has 2 saturated heterocycles. The first-order valence-corrected chi connectivity index (χ1v) is 10.3. The maximum atomic E-state index is 12.1. The summed E-state index contributed by atoms with van der Waals surface area (Å²) in [4.78, 5) is 31.9.